The molecule has 4 aromatic rings. The molecule has 2 heterocycles. The van der Waals surface area contributed by atoms with E-state index in [1.54, 1.807) is 49.0 Å². The topological polar surface area (TPSA) is 72.0 Å². The van der Waals surface area contributed by atoms with Crippen molar-refractivity contribution < 1.29 is 17.9 Å². The minimum Gasteiger partial charge on any atom is -0.497 e. The molecule has 1 aromatic heterocycles. The first-order valence-electron chi connectivity index (χ1n) is 10.9. The summed E-state index contributed by atoms with van der Waals surface area (Å²) in [5.41, 5.74) is 2.50. The first-order valence-corrected chi connectivity index (χ1v) is 14.4. The standard InChI is InChI=1S/C25H21BrClN3O4S2/c1-33-19-5-2-17(3-6-19)16-30(25-28-10-13-35-25)36(31,32)20-7-9-23-24(15-20)34-12-11-29(23)22-8-4-18(27)14-21(22)26/h2-10,13-15H,11-12,16H2,1H3. The van der Waals surface area contributed by atoms with E-state index in [1.807, 2.05) is 30.3 Å². The van der Waals surface area contributed by atoms with Gasteiger partial charge in [-0.25, -0.2) is 17.7 Å². The molecule has 0 bridgehead atoms. The van der Waals surface area contributed by atoms with Crippen molar-refractivity contribution in [1.82, 2.24) is 4.98 Å². The minimum atomic E-state index is -3.94. The van der Waals surface area contributed by atoms with Crippen LogP contribution in [0.3, 0.4) is 0 Å². The Labute approximate surface area is 227 Å². The Balaban J connectivity index is 1.51. The number of anilines is 3. The molecule has 7 nitrogen and oxygen atoms in total. The van der Waals surface area contributed by atoms with Gasteiger partial charge < -0.3 is 14.4 Å². The van der Waals surface area contributed by atoms with Gasteiger partial charge in [-0.2, -0.15) is 0 Å². The Kier molecular flexibility index (Phi) is 7.11. The van der Waals surface area contributed by atoms with Crippen LogP contribution in [0.25, 0.3) is 0 Å². The number of nitrogens with zero attached hydrogens (tertiary/aromatic N) is 3. The van der Waals surface area contributed by atoms with E-state index in [0.717, 1.165) is 21.4 Å². The molecular formula is C25H21BrClN3O4S2. The normalized spacial score (nSPS) is 13.1. The van der Waals surface area contributed by atoms with Gasteiger partial charge in [0.05, 0.1) is 36.5 Å². The zero-order chi connectivity index (χ0) is 25.3. The lowest BCUT2D eigenvalue weighted by Gasteiger charge is -2.32. The lowest BCUT2D eigenvalue weighted by molar-refractivity contribution is 0.313. The third-order valence-corrected chi connectivity index (χ3v) is 9.21. The molecule has 0 saturated heterocycles. The van der Waals surface area contributed by atoms with Crippen LogP contribution in [0.2, 0.25) is 5.02 Å². The number of hydrogen-bond donors (Lipinski definition) is 0. The maximum atomic E-state index is 13.9. The molecule has 5 rings (SSSR count). The summed E-state index contributed by atoms with van der Waals surface area (Å²) in [6, 6.07) is 17.8. The van der Waals surface area contributed by atoms with Gasteiger partial charge in [-0.1, -0.05) is 23.7 Å². The highest BCUT2D eigenvalue weighted by atomic mass is 79.9. The molecule has 1 aliphatic heterocycles. The lowest BCUT2D eigenvalue weighted by atomic mass is 10.2. The number of ether oxygens (including phenoxy) is 2. The molecule has 0 spiro atoms. The van der Waals surface area contributed by atoms with E-state index in [2.05, 4.69) is 25.8 Å². The van der Waals surface area contributed by atoms with E-state index in [9.17, 15) is 8.42 Å². The van der Waals surface area contributed by atoms with Gasteiger partial charge in [-0.05, 0) is 64.0 Å². The van der Waals surface area contributed by atoms with E-state index in [-0.39, 0.29) is 11.4 Å². The molecule has 0 saturated carbocycles. The quantitative estimate of drug-likeness (QED) is 0.239. The molecule has 36 heavy (non-hydrogen) atoms. The summed E-state index contributed by atoms with van der Waals surface area (Å²) >= 11 is 11.0. The van der Waals surface area contributed by atoms with E-state index in [0.29, 0.717) is 34.8 Å². The third kappa shape index (κ3) is 4.90. The van der Waals surface area contributed by atoms with Crippen molar-refractivity contribution in [2.24, 2.45) is 0 Å². The Morgan fingerprint density at radius 1 is 1.14 bits per heavy atom. The van der Waals surface area contributed by atoms with E-state index < -0.39 is 10.0 Å². The number of rotatable bonds is 7. The van der Waals surface area contributed by atoms with Crippen LogP contribution in [0.4, 0.5) is 16.5 Å². The number of sulfonamides is 1. The number of fused-ring (bicyclic) bond motifs is 1. The molecule has 11 heteroatoms. The highest BCUT2D eigenvalue weighted by molar-refractivity contribution is 9.10. The summed E-state index contributed by atoms with van der Waals surface area (Å²) in [4.78, 5) is 6.48. The molecule has 0 N–H and O–H groups in total. The fraction of sp³-hybridized carbons (Fsp3) is 0.160. The van der Waals surface area contributed by atoms with Crippen LogP contribution in [0.5, 0.6) is 11.5 Å². The van der Waals surface area contributed by atoms with Gasteiger partial charge in [0.25, 0.3) is 10.0 Å². The molecule has 0 amide bonds. The van der Waals surface area contributed by atoms with Crippen LogP contribution in [-0.2, 0) is 16.6 Å². The number of benzene rings is 3. The fourth-order valence-electron chi connectivity index (χ4n) is 3.93. The first-order chi connectivity index (χ1) is 17.4. The Hall–Kier alpha value is -2.79. The molecule has 0 radical (unpaired) electrons. The molecular weight excluding hydrogens is 586 g/mol. The number of methoxy groups -OCH3 is 1. The number of halogens is 2. The van der Waals surface area contributed by atoms with E-state index in [4.69, 9.17) is 21.1 Å². The second-order valence-corrected chi connectivity index (χ2v) is 11.9. The second kappa shape index (κ2) is 10.3. The Bertz CT molecular complexity index is 1480. The van der Waals surface area contributed by atoms with Gasteiger partial charge in [0, 0.05) is 27.1 Å². The molecule has 0 aliphatic carbocycles. The van der Waals surface area contributed by atoms with Gasteiger partial charge in [0.2, 0.25) is 0 Å². The Morgan fingerprint density at radius 2 is 1.92 bits per heavy atom. The van der Waals surface area contributed by atoms with Crippen LogP contribution >= 0.6 is 38.9 Å². The smallest absolute Gasteiger partial charge is 0.266 e. The molecule has 1 aliphatic rings. The van der Waals surface area contributed by atoms with Crippen molar-refractivity contribution in [3.63, 3.8) is 0 Å². The third-order valence-electron chi connectivity index (χ3n) is 5.70. The van der Waals surface area contributed by atoms with Crippen LogP contribution in [-0.4, -0.2) is 33.7 Å². The van der Waals surface area contributed by atoms with Gasteiger partial charge in [0.15, 0.2) is 5.13 Å². The summed E-state index contributed by atoms with van der Waals surface area (Å²) in [6.07, 6.45) is 1.59. The summed E-state index contributed by atoms with van der Waals surface area (Å²) in [6.45, 7) is 1.15. The van der Waals surface area contributed by atoms with Crippen molar-refractivity contribution in [2.45, 2.75) is 11.4 Å². The molecule has 0 atom stereocenters. The summed E-state index contributed by atoms with van der Waals surface area (Å²) in [5.74, 6) is 1.19. The van der Waals surface area contributed by atoms with Gasteiger partial charge >= 0.3 is 0 Å². The van der Waals surface area contributed by atoms with Gasteiger partial charge in [-0.15, -0.1) is 11.3 Å². The predicted octanol–water partition coefficient (Wildman–Crippen LogP) is 6.49. The molecule has 186 valence electrons. The number of hydrogen-bond acceptors (Lipinski definition) is 7. The largest absolute Gasteiger partial charge is 0.497 e. The zero-order valence-electron chi connectivity index (χ0n) is 19.1. The zero-order valence-corrected chi connectivity index (χ0v) is 23.1. The number of thiazole rings is 1. The van der Waals surface area contributed by atoms with E-state index in [1.165, 1.54) is 15.6 Å². The van der Waals surface area contributed by atoms with Crippen molar-refractivity contribution in [3.8, 4) is 11.5 Å². The maximum Gasteiger partial charge on any atom is 0.266 e. The Morgan fingerprint density at radius 3 is 2.61 bits per heavy atom. The average molecular weight is 607 g/mol. The molecule has 0 unspecified atom stereocenters. The van der Waals surface area contributed by atoms with Crippen molar-refractivity contribution >= 4 is 65.4 Å². The summed E-state index contributed by atoms with van der Waals surface area (Å²) in [5, 5.41) is 2.76. The second-order valence-electron chi connectivity index (χ2n) is 7.90. The monoisotopic (exact) mass is 605 g/mol. The summed E-state index contributed by atoms with van der Waals surface area (Å²) < 4.78 is 41.0. The lowest BCUT2D eigenvalue weighted by Crippen LogP contribution is -2.31. The number of aromatic nitrogens is 1. The predicted molar refractivity (Wildman–Crippen MR) is 147 cm³/mol. The van der Waals surface area contributed by atoms with Crippen LogP contribution in [0, 0.1) is 0 Å². The first kappa shape index (κ1) is 24.9. The van der Waals surface area contributed by atoms with Crippen molar-refractivity contribution in [1.29, 1.82) is 0 Å². The highest BCUT2D eigenvalue weighted by Gasteiger charge is 2.30. The highest BCUT2D eigenvalue weighted by Crippen LogP contribution is 2.42. The SMILES string of the molecule is COc1ccc(CN(c2nccs2)S(=O)(=O)c2ccc3c(c2)OCCN3c2ccc(Cl)cc2Br)cc1. The van der Waals surface area contributed by atoms with Gasteiger partial charge in [-0.3, -0.25) is 0 Å². The minimum absolute atomic E-state index is 0.127. The molecule has 0 fully saturated rings. The van der Waals surface area contributed by atoms with Crippen LogP contribution in [0.15, 0.2) is 81.6 Å². The van der Waals surface area contributed by atoms with Crippen molar-refractivity contribution in [2.75, 3.05) is 29.5 Å². The maximum absolute atomic E-state index is 13.9. The van der Waals surface area contributed by atoms with Crippen molar-refractivity contribution in [3.05, 3.63) is 87.3 Å². The van der Waals surface area contributed by atoms with Crippen LogP contribution < -0.4 is 18.7 Å². The summed E-state index contributed by atoms with van der Waals surface area (Å²) in [7, 11) is -2.35. The van der Waals surface area contributed by atoms with Crippen LogP contribution in [0.1, 0.15) is 5.56 Å². The van der Waals surface area contributed by atoms with Gasteiger partial charge in [0.1, 0.15) is 18.1 Å². The average Bonchev–Trinajstić information content (AvgIpc) is 3.41. The van der Waals surface area contributed by atoms with E-state index >= 15 is 0 Å². The fourth-order valence-corrected chi connectivity index (χ4v) is 7.12. The molecule has 3 aromatic carbocycles.